The number of hydrogen-bond acceptors (Lipinski definition) is 1. The van der Waals surface area contributed by atoms with Gasteiger partial charge in [0.05, 0.1) is 0 Å². The first kappa shape index (κ1) is 14.7. The van der Waals surface area contributed by atoms with Gasteiger partial charge in [-0.2, -0.15) is 0 Å². The van der Waals surface area contributed by atoms with E-state index in [1.165, 1.54) is 0 Å². The summed E-state index contributed by atoms with van der Waals surface area (Å²) < 4.78 is 29.4. The number of nitrogens with one attached hydrogen (secondary N) is 1. The van der Waals surface area contributed by atoms with Crippen LogP contribution in [0.3, 0.4) is 0 Å². The van der Waals surface area contributed by atoms with Gasteiger partial charge in [-0.05, 0) is 30.7 Å². The van der Waals surface area contributed by atoms with Crippen LogP contribution < -0.4 is 5.32 Å². The third-order valence-corrected chi connectivity index (χ3v) is 3.23. The highest BCUT2D eigenvalue weighted by Gasteiger charge is 2.16. The molecule has 1 aromatic heterocycles. The zero-order valence-electron chi connectivity index (χ0n) is 10.8. The summed E-state index contributed by atoms with van der Waals surface area (Å²) in [6.07, 6.45) is 2.61. The molecule has 1 heterocycles. The van der Waals surface area contributed by atoms with E-state index in [9.17, 15) is 13.6 Å². The highest BCUT2D eigenvalue weighted by atomic mass is 79.9. The topological polar surface area (TPSA) is 34.0 Å². The smallest absolute Gasteiger partial charge is 0.272 e. The quantitative estimate of drug-likeness (QED) is 0.887. The first-order valence-corrected chi connectivity index (χ1v) is 6.93. The fourth-order valence-electron chi connectivity index (χ4n) is 1.90. The molecule has 6 heteroatoms. The molecule has 0 spiro atoms. The van der Waals surface area contributed by atoms with Crippen LogP contribution in [-0.2, 0) is 6.54 Å². The molecular weight excluding hydrogens is 330 g/mol. The molecular formula is C14H13BrF2N2O. The largest absolute Gasteiger partial charge is 0.344 e. The molecule has 0 aliphatic carbocycles. The number of aromatic nitrogens is 1. The van der Waals surface area contributed by atoms with E-state index >= 15 is 0 Å². The molecule has 0 aliphatic rings. The Hall–Kier alpha value is -1.69. The van der Waals surface area contributed by atoms with Gasteiger partial charge in [0.2, 0.25) is 0 Å². The van der Waals surface area contributed by atoms with Crippen LogP contribution in [0.2, 0.25) is 0 Å². The summed E-state index contributed by atoms with van der Waals surface area (Å²) in [5.74, 6) is -2.18. The fourth-order valence-corrected chi connectivity index (χ4v) is 2.30. The Morgan fingerprint density at radius 1 is 1.35 bits per heavy atom. The predicted octanol–water partition coefficient (Wildman–Crippen LogP) is 4.19. The number of anilines is 1. The maximum Gasteiger partial charge on any atom is 0.272 e. The number of carbonyl (C=O) groups is 1. The van der Waals surface area contributed by atoms with Gasteiger partial charge in [-0.3, -0.25) is 4.79 Å². The molecule has 0 fully saturated rings. The van der Waals surface area contributed by atoms with Gasteiger partial charge in [0.1, 0.15) is 11.4 Å². The van der Waals surface area contributed by atoms with E-state index in [2.05, 4.69) is 21.2 Å². The van der Waals surface area contributed by atoms with Crippen LogP contribution in [0.4, 0.5) is 14.5 Å². The lowest BCUT2D eigenvalue weighted by molar-refractivity contribution is 0.101. The zero-order valence-corrected chi connectivity index (χ0v) is 12.4. The van der Waals surface area contributed by atoms with Crippen molar-refractivity contribution in [2.24, 2.45) is 0 Å². The van der Waals surface area contributed by atoms with Crippen molar-refractivity contribution in [3.8, 4) is 0 Å². The average Bonchev–Trinajstić information content (AvgIpc) is 2.82. The SMILES string of the molecule is CCCn1cccc1C(=O)Nc1c(F)cc(Br)cc1F. The molecule has 1 N–H and O–H groups in total. The fraction of sp³-hybridized carbons (Fsp3) is 0.214. The maximum absolute atomic E-state index is 13.7. The lowest BCUT2D eigenvalue weighted by Crippen LogP contribution is -2.18. The minimum absolute atomic E-state index is 0.278. The number of hydrogen-bond donors (Lipinski definition) is 1. The van der Waals surface area contributed by atoms with Crippen molar-refractivity contribution < 1.29 is 13.6 Å². The molecule has 3 nitrogen and oxygen atoms in total. The molecule has 0 radical (unpaired) electrons. The van der Waals surface area contributed by atoms with Crippen LogP contribution >= 0.6 is 15.9 Å². The van der Waals surface area contributed by atoms with Crippen LogP contribution in [0.15, 0.2) is 34.9 Å². The Kier molecular flexibility index (Phi) is 4.54. The van der Waals surface area contributed by atoms with Crippen molar-refractivity contribution in [3.63, 3.8) is 0 Å². The zero-order chi connectivity index (χ0) is 14.7. The highest BCUT2D eigenvalue weighted by molar-refractivity contribution is 9.10. The lowest BCUT2D eigenvalue weighted by Gasteiger charge is -2.10. The van der Waals surface area contributed by atoms with Crippen molar-refractivity contribution in [1.82, 2.24) is 4.57 Å². The van der Waals surface area contributed by atoms with Crippen molar-refractivity contribution in [3.05, 3.63) is 52.3 Å². The Morgan fingerprint density at radius 2 is 2.00 bits per heavy atom. The minimum atomic E-state index is -0.821. The summed E-state index contributed by atoms with van der Waals surface area (Å²) in [7, 11) is 0. The van der Waals surface area contributed by atoms with E-state index in [0.29, 0.717) is 12.2 Å². The van der Waals surface area contributed by atoms with Gasteiger partial charge in [-0.15, -0.1) is 0 Å². The Labute approximate surface area is 123 Å². The van der Waals surface area contributed by atoms with E-state index in [-0.39, 0.29) is 4.47 Å². The van der Waals surface area contributed by atoms with Gasteiger partial charge < -0.3 is 9.88 Å². The van der Waals surface area contributed by atoms with Crippen LogP contribution in [0.5, 0.6) is 0 Å². The predicted molar refractivity (Wildman–Crippen MR) is 76.7 cm³/mol. The number of halogens is 3. The second-order valence-corrected chi connectivity index (χ2v) is 5.20. The Bertz CT molecular complexity index is 617. The molecule has 106 valence electrons. The molecule has 0 aliphatic heterocycles. The van der Waals surface area contributed by atoms with Gasteiger partial charge in [0.25, 0.3) is 5.91 Å². The van der Waals surface area contributed by atoms with E-state index in [4.69, 9.17) is 0 Å². The highest BCUT2D eigenvalue weighted by Crippen LogP contribution is 2.24. The van der Waals surface area contributed by atoms with Gasteiger partial charge in [0, 0.05) is 17.2 Å². The summed E-state index contributed by atoms with van der Waals surface area (Å²) in [4.78, 5) is 12.1. The minimum Gasteiger partial charge on any atom is -0.344 e. The molecule has 0 saturated carbocycles. The number of rotatable bonds is 4. The summed E-state index contributed by atoms with van der Waals surface area (Å²) in [6, 6.07) is 5.53. The van der Waals surface area contributed by atoms with Crippen molar-refractivity contribution in [2.45, 2.75) is 19.9 Å². The number of carbonyl (C=O) groups excluding carboxylic acids is 1. The lowest BCUT2D eigenvalue weighted by atomic mass is 10.2. The molecule has 0 atom stereocenters. The van der Waals surface area contributed by atoms with Crippen LogP contribution in [0.1, 0.15) is 23.8 Å². The molecule has 0 saturated heterocycles. The van der Waals surface area contributed by atoms with Crippen LogP contribution in [-0.4, -0.2) is 10.5 Å². The summed E-state index contributed by atoms with van der Waals surface area (Å²) >= 11 is 2.99. The number of nitrogens with zero attached hydrogens (tertiary/aromatic N) is 1. The number of aryl methyl sites for hydroxylation is 1. The van der Waals surface area contributed by atoms with Gasteiger partial charge >= 0.3 is 0 Å². The molecule has 1 aromatic carbocycles. The molecule has 2 aromatic rings. The normalized spacial score (nSPS) is 10.6. The molecule has 1 amide bonds. The summed E-state index contributed by atoms with van der Waals surface area (Å²) in [6.45, 7) is 2.65. The molecule has 0 unspecified atom stereocenters. The second-order valence-electron chi connectivity index (χ2n) is 4.29. The monoisotopic (exact) mass is 342 g/mol. The first-order chi connectivity index (χ1) is 9.52. The van der Waals surface area contributed by atoms with E-state index in [0.717, 1.165) is 18.6 Å². The van der Waals surface area contributed by atoms with Crippen molar-refractivity contribution in [1.29, 1.82) is 0 Å². The third kappa shape index (κ3) is 3.07. The Balaban J connectivity index is 2.26. The van der Waals surface area contributed by atoms with Gasteiger partial charge in [-0.1, -0.05) is 22.9 Å². The maximum atomic E-state index is 13.7. The molecule has 0 bridgehead atoms. The van der Waals surface area contributed by atoms with Gasteiger partial charge in [-0.25, -0.2) is 8.78 Å². The van der Waals surface area contributed by atoms with E-state index < -0.39 is 23.2 Å². The van der Waals surface area contributed by atoms with Crippen molar-refractivity contribution in [2.75, 3.05) is 5.32 Å². The molecule has 20 heavy (non-hydrogen) atoms. The van der Waals surface area contributed by atoms with Gasteiger partial charge in [0.15, 0.2) is 11.6 Å². The first-order valence-electron chi connectivity index (χ1n) is 6.14. The van der Waals surface area contributed by atoms with Crippen LogP contribution in [0.25, 0.3) is 0 Å². The number of benzene rings is 1. The number of amides is 1. The Morgan fingerprint density at radius 3 is 2.60 bits per heavy atom. The average molecular weight is 343 g/mol. The second kappa shape index (κ2) is 6.17. The summed E-state index contributed by atoms with van der Waals surface area (Å²) in [5.41, 5.74) is -0.0731. The van der Waals surface area contributed by atoms with E-state index in [1.54, 1.807) is 22.9 Å². The third-order valence-electron chi connectivity index (χ3n) is 2.77. The molecule has 2 rings (SSSR count). The van der Waals surface area contributed by atoms with Crippen LogP contribution in [0, 0.1) is 11.6 Å². The van der Waals surface area contributed by atoms with Crippen molar-refractivity contribution >= 4 is 27.5 Å². The van der Waals surface area contributed by atoms with E-state index in [1.807, 2.05) is 6.92 Å². The standard InChI is InChI=1S/C14H13BrF2N2O/c1-2-5-19-6-3-4-12(19)14(20)18-13-10(16)7-9(15)8-11(13)17/h3-4,6-8H,2,5H2,1H3,(H,18,20). The summed E-state index contributed by atoms with van der Waals surface area (Å²) in [5, 5.41) is 2.28.